The molecule has 106 valence electrons. The third kappa shape index (κ3) is 2.11. The van der Waals surface area contributed by atoms with Gasteiger partial charge in [0.2, 0.25) is 11.6 Å². The van der Waals surface area contributed by atoms with Gasteiger partial charge in [0.1, 0.15) is 5.92 Å². The van der Waals surface area contributed by atoms with Crippen LogP contribution in [-0.4, -0.2) is 17.8 Å². The normalized spacial score (nSPS) is 26.2. The number of carbonyl (C=O) groups excluding carboxylic acids is 1. The summed E-state index contributed by atoms with van der Waals surface area (Å²) in [6.07, 6.45) is -2.19. The van der Waals surface area contributed by atoms with Crippen LogP contribution in [0, 0.1) is 5.92 Å². The van der Waals surface area contributed by atoms with E-state index in [0.717, 1.165) is 12.2 Å². The number of amides is 1. The summed E-state index contributed by atoms with van der Waals surface area (Å²) < 4.78 is 54.4. The second-order valence-electron chi connectivity index (χ2n) is 4.42. The van der Waals surface area contributed by atoms with Crippen LogP contribution in [0.3, 0.4) is 0 Å². The summed E-state index contributed by atoms with van der Waals surface area (Å²) in [4.78, 5) is 11.2. The lowest BCUT2D eigenvalue weighted by Gasteiger charge is -2.36. The number of benzene rings is 1. The summed E-state index contributed by atoms with van der Waals surface area (Å²) in [5, 5.41) is 0. The molecule has 0 saturated heterocycles. The van der Waals surface area contributed by atoms with Crippen LogP contribution in [0.5, 0.6) is 0 Å². The van der Waals surface area contributed by atoms with Crippen molar-refractivity contribution in [2.45, 2.75) is 11.8 Å². The molecule has 1 aromatic carbocycles. The second kappa shape index (κ2) is 4.77. The van der Waals surface area contributed by atoms with E-state index < -0.39 is 29.2 Å². The van der Waals surface area contributed by atoms with Crippen molar-refractivity contribution in [3.05, 3.63) is 54.1 Å². The molecule has 0 spiro atoms. The molecule has 2 rings (SSSR count). The van der Waals surface area contributed by atoms with Gasteiger partial charge in [0.25, 0.3) is 0 Å². The Bertz CT molecular complexity index is 577. The number of nitrogens with two attached hydrogens (primary N) is 1. The molecule has 0 fully saturated rings. The predicted octanol–water partition coefficient (Wildman–Crippen LogP) is 3.01. The molecule has 0 bridgehead atoms. The van der Waals surface area contributed by atoms with Crippen LogP contribution in [0.15, 0.2) is 48.6 Å². The highest BCUT2D eigenvalue weighted by molar-refractivity contribution is 5.88. The number of halogens is 4. The predicted molar refractivity (Wildman–Crippen MR) is 66.1 cm³/mol. The minimum atomic E-state index is -5.25. The molecule has 1 aromatic rings. The first-order chi connectivity index (χ1) is 9.28. The number of primary amides is 1. The molecule has 0 heterocycles. The molecule has 0 radical (unpaired) electrons. The van der Waals surface area contributed by atoms with E-state index in [-0.39, 0.29) is 5.56 Å². The Morgan fingerprint density at radius 1 is 1.20 bits per heavy atom. The Morgan fingerprint density at radius 2 is 1.80 bits per heavy atom. The zero-order chi connectivity index (χ0) is 15.0. The first kappa shape index (κ1) is 14.3. The number of hydrogen-bond acceptors (Lipinski definition) is 1. The Balaban J connectivity index is 2.63. The zero-order valence-electron chi connectivity index (χ0n) is 10.2. The van der Waals surface area contributed by atoms with Gasteiger partial charge in [-0.15, -0.1) is 0 Å². The molecule has 1 amide bonds. The van der Waals surface area contributed by atoms with Gasteiger partial charge in [0.15, 0.2) is 0 Å². The Kier molecular flexibility index (Phi) is 3.41. The fourth-order valence-electron chi connectivity index (χ4n) is 2.23. The summed E-state index contributed by atoms with van der Waals surface area (Å²) in [7, 11) is 0. The standard InChI is InChI=1S/C14H11F4NO/c15-13(14(16,17)18)10(9-5-2-1-3-6-9)7-4-8-11(13)12(19)20/h1-8,11H,(H2,19,20). The molecule has 2 atom stereocenters. The molecule has 0 aliphatic heterocycles. The monoisotopic (exact) mass is 285 g/mol. The highest BCUT2D eigenvalue weighted by Gasteiger charge is 2.64. The van der Waals surface area contributed by atoms with E-state index in [1.54, 1.807) is 6.07 Å². The van der Waals surface area contributed by atoms with Crippen molar-refractivity contribution < 1.29 is 22.4 Å². The van der Waals surface area contributed by atoms with Crippen molar-refractivity contribution in [2.75, 3.05) is 0 Å². The number of carbonyl (C=O) groups is 1. The van der Waals surface area contributed by atoms with E-state index in [9.17, 15) is 22.4 Å². The maximum atomic E-state index is 14.8. The van der Waals surface area contributed by atoms with Crippen molar-refractivity contribution >= 4 is 11.5 Å². The van der Waals surface area contributed by atoms with E-state index in [4.69, 9.17) is 5.73 Å². The highest BCUT2D eigenvalue weighted by Crippen LogP contribution is 2.50. The second-order valence-corrected chi connectivity index (χ2v) is 4.42. The SMILES string of the molecule is NC(=O)C1C=CC=C(c2ccccc2)C1(F)C(F)(F)F. The summed E-state index contributed by atoms with van der Waals surface area (Å²) in [6, 6.07) is 7.28. The molecule has 2 unspecified atom stereocenters. The average Bonchev–Trinajstić information content (AvgIpc) is 2.38. The molecule has 1 aliphatic rings. The quantitative estimate of drug-likeness (QED) is 0.834. The van der Waals surface area contributed by atoms with Gasteiger partial charge in [-0.25, -0.2) is 4.39 Å². The van der Waals surface area contributed by atoms with E-state index in [1.807, 2.05) is 0 Å². The molecular formula is C14H11F4NO. The number of rotatable bonds is 2. The molecule has 2 nitrogen and oxygen atoms in total. The lowest BCUT2D eigenvalue weighted by Crippen LogP contribution is -2.53. The van der Waals surface area contributed by atoms with Crippen LogP contribution in [0.25, 0.3) is 5.57 Å². The van der Waals surface area contributed by atoms with Crippen LogP contribution in [0.4, 0.5) is 17.6 Å². The largest absolute Gasteiger partial charge is 0.427 e. The number of allylic oxidation sites excluding steroid dienone is 3. The molecule has 0 saturated carbocycles. The molecular weight excluding hydrogens is 274 g/mol. The van der Waals surface area contributed by atoms with Gasteiger partial charge < -0.3 is 5.73 Å². The van der Waals surface area contributed by atoms with Crippen LogP contribution in [0.1, 0.15) is 5.56 Å². The van der Waals surface area contributed by atoms with Crippen LogP contribution < -0.4 is 5.73 Å². The fraction of sp³-hybridized carbons (Fsp3) is 0.214. The summed E-state index contributed by atoms with van der Waals surface area (Å²) in [5.41, 5.74) is 0.542. The van der Waals surface area contributed by atoms with Gasteiger partial charge in [0.05, 0.1) is 0 Å². The van der Waals surface area contributed by atoms with Crippen LogP contribution >= 0.6 is 0 Å². The third-order valence-corrected chi connectivity index (χ3v) is 3.19. The topological polar surface area (TPSA) is 43.1 Å². The third-order valence-electron chi connectivity index (χ3n) is 3.19. The van der Waals surface area contributed by atoms with Gasteiger partial charge in [0, 0.05) is 5.57 Å². The Hall–Kier alpha value is -2.11. The van der Waals surface area contributed by atoms with Gasteiger partial charge >= 0.3 is 6.18 Å². The lowest BCUT2D eigenvalue weighted by atomic mass is 9.75. The number of hydrogen-bond donors (Lipinski definition) is 1. The first-order valence-corrected chi connectivity index (χ1v) is 5.78. The summed E-state index contributed by atoms with van der Waals surface area (Å²) in [5.74, 6) is -3.44. The van der Waals surface area contributed by atoms with Crippen LogP contribution in [0.2, 0.25) is 0 Å². The van der Waals surface area contributed by atoms with Crippen molar-refractivity contribution in [1.29, 1.82) is 0 Å². The summed E-state index contributed by atoms with van der Waals surface area (Å²) in [6.45, 7) is 0. The van der Waals surface area contributed by atoms with E-state index >= 15 is 0 Å². The van der Waals surface area contributed by atoms with E-state index in [0.29, 0.717) is 0 Å². The fourth-order valence-corrected chi connectivity index (χ4v) is 2.23. The number of alkyl halides is 4. The smallest absolute Gasteiger partial charge is 0.369 e. The molecule has 20 heavy (non-hydrogen) atoms. The molecule has 2 N–H and O–H groups in total. The van der Waals surface area contributed by atoms with Crippen molar-refractivity contribution in [1.82, 2.24) is 0 Å². The molecule has 1 aliphatic carbocycles. The first-order valence-electron chi connectivity index (χ1n) is 5.78. The Morgan fingerprint density at radius 3 is 2.30 bits per heavy atom. The minimum Gasteiger partial charge on any atom is -0.369 e. The van der Waals surface area contributed by atoms with Gasteiger partial charge in [-0.2, -0.15) is 13.2 Å². The Labute approximate surface area is 112 Å². The average molecular weight is 285 g/mol. The highest BCUT2D eigenvalue weighted by atomic mass is 19.4. The van der Waals surface area contributed by atoms with Crippen molar-refractivity contribution in [3.8, 4) is 0 Å². The van der Waals surface area contributed by atoms with Crippen molar-refractivity contribution in [2.24, 2.45) is 11.7 Å². The van der Waals surface area contributed by atoms with Gasteiger partial charge in [-0.05, 0) is 5.56 Å². The maximum Gasteiger partial charge on any atom is 0.427 e. The van der Waals surface area contributed by atoms with Crippen molar-refractivity contribution in [3.63, 3.8) is 0 Å². The maximum absolute atomic E-state index is 14.8. The summed E-state index contributed by atoms with van der Waals surface area (Å²) >= 11 is 0. The minimum absolute atomic E-state index is 0.0583. The van der Waals surface area contributed by atoms with E-state index in [2.05, 4.69) is 0 Å². The van der Waals surface area contributed by atoms with Gasteiger partial charge in [-0.1, -0.05) is 48.6 Å². The van der Waals surface area contributed by atoms with Crippen LogP contribution in [-0.2, 0) is 4.79 Å². The van der Waals surface area contributed by atoms with E-state index in [1.165, 1.54) is 30.3 Å². The van der Waals surface area contributed by atoms with Gasteiger partial charge in [-0.3, -0.25) is 4.79 Å². The molecule has 6 heteroatoms. The molecule has 0 aromatic heterocycles. The zero-order valence-corrected chi connectivity index (χ0v) is 10.2. The lowest BCUT2D eigenvalue weighted by molar-refractivity contribution is -0.219.